The van der Waals surface area contributed by atoms with Crippen molar-refractivity contribution < 1.29 is 14.0 Å². The fraction of sp³-hybridized carbons (Fsp3) is 0.429. The van der Waals surface area contributed by atoms with Gasteiger partial charge in [0.25, 0.3) is 0 Å². The monoisotopic (exact) mass is 298 g/mol. The number of nitrogens with zero attached hydrogens (tertiary/aromatic N) is 1. The van der Waals surface area contributed by atoms with Crippen LogP contribution < -0.4 is 10.2 Å². The summed E-state index contributed by atoms with van der Waals surface area (Å²) in [5.74, 6) is -0.807. The van der Waals surface area contributed by atoms with Crippen LogP contribution in [0.1, 0.15) is 37.3 Å². The Bertz CT molecular complexity index is 587. The van der Waals surface area contributed by atoms with Crippen LogP contribution in [0.3, 0.4) is 0 Å². The van der Waals surface area contributed by atoms with Gasteiger partial charge in [0.2, 0.25) is 5.91 Å². The number of halogens is 2. The van der Waals surface area contributed by atoms with Crippen molar-refractivity contribution >= 4 is 29.2 Å². The topological polar surface area (TPSA) is 49.4 Å². The number of benzene rings is 1. The van der Waals surface area contributed by atoms with Crippen LogP contribution in [0.15, 0.2) is 6.07 Å². The van der Waals surface area contributed by atoms with Crippen molar-refractivity contribution in [3.05, 3.63) is 28.0 Å². The van der Waals surface area contributed by atoms with Gasteiger partial charge in [-0.3, -0.25) is 15.0 Å². The first-order chi connectivity index (χ1) is 9.32. The summed E-state index contributed by atoms with van der Waals surface area (Å²) >= 11 is 6.03. The minimum atomic E-state index is -0.498. The lowest BCUT2D eigenvalue weighted by Crippen LogP contribution is -2.49. The standard InChI is InChI=1S/C14H16ClFN2O2/c1-7(2)9-6-10(8(3)12(15)13(9)16)18-5-4-11(19)17-14(18)20/h6-7H,4-5H2,1-3H3,(H,17,19,20). The van der Waals surface area contributed by atoms with Gasteiger partial charge in [0.1, 0.15) is 5.82 Å². The van der Waals surface area contributed by atoms with Crippen molar-refractivity contribution in [1.29, 1.82) is 0 Å². The zero-order valence-electron chi connectivity index (χ0n) is 11.6. The summed E-state index contributed by atoms with van der Waals surface area (Å²) in [6.45, 7) is 5.64. The summed E-state index contributed by atoms with van der Waals surface area (Å²) < 4.78 is 14.1. The maximum absolute atomic E-state index is 14.1. The van der Waals surface area contributed by atoms with E-state index in [4.69, 9.17) is 11.6 Å². The van der Waals surface area contributed by atoms with E-state index in [1.54, 1.807) is 13.0 Å². The summed E-state index contributed by atoms with van der Waals surface area (Å²) in [4.78, 5) is 24.5. The number of rotatable bonds is 2. The van der Waals surface area contributed by atoms with Gasteiger partial charge < -0.3 is 0 Å². The number of urea groups is 1. The Kier molecular flexibility index (Phi) is 3.99. The smallest absolute Gasteiger partial charge is 0.293 e. The molecule has 1 aromatic carbocycles. The summed E-state index contributed by atoms with van der Waals surface area (Å²) in [5.41, 5.74) is 1.50. The van der Waals surface area contributed by atoms with E-state index in [1.165, 1.54) is 4.90 Å². The molecule has 0 aliphatic carbocycles. The maximum atomic E-state index is 14.1. The molecule has 0 unspecified atom stereocenters. The van der Waals surface area contributed by atoms with Crippen molar-refractivity contribution in [2.45, 2.75) is 33.1 Å². The van der Waals surface area contributed by atoms with E-state index in [0.717, 1.165) is 0 Å². The van der Waals surface area contributed by atoms with E-state index in [-0.39, 0.29) is 29.8 Å². The quantitative estimate of drug-likeness (QED) is 0.910. The summed E-state index contributed by atoms with van der Waals surface area (Å²) in [5, 5.41) is 2.27. The Balaban J connectivity index is 2.51. The van der Waals surface area contributed by atoms with E-state index in [1.807, 2.05) is 13.8 Å². The van der Waals surface area contributed by atoms with Crippen LogP contribution in [0.4, 0.5) is 14.9 Å². The van der Waals surface area contributed by atoms with Crippen molar-refractivity contribution in [3.8, 4) is 0 Å². The Morgan fingerprint density at radius 2 is 2.05 bits per heavy atom. The van der Waals surface area contributed by atoms with Gasteiger partial charge >= 0.3 is 6.03 Å². The zero-order chi connectivity index (χ0) is 15.0. The van der Waals surface area contributed by atoms with Crippen LogP contribution in [0, 0.1) is 12.7 Å². The number of carbonyl (C=O) groups is 2. The molecule has 0 radical (unpaired) electrons. The highest BCUT2D eigenvalue weighted by molar-refractivity contribution is 6.32. The Morgan fingerprint density at radius 3 is 2.60 bits per heavy atom. The molecular formula is C14H16ClFN2O2. The lowest BCUT2D eigenvalue weighted by Gasteiger charge is -2.29. The molecule has 1 N–H and O–H groups in total. The Hall–Kier alpha value is -1.62. The fourth-order valence-corrected chi connectivity index (χ4v) is 2.42. The normalized spacial score (nSPS) is 15.8. The maximum Gasteiger partial charge on any atom is 0.328 e. The number of anilines is 1. The lowest BCUT2D eigenvalue weighted by atomic mass is 9.99. The van der Waals surface area contributed by atoms with Crippen molar-refractivity contribution in [2.75, 3.05) is 11.4 Å². The molecule has 1 aromatic rings. The highest BCUT2D eigenvalue weighted by Crippen LogP contribution is 2.35. The van der Waals surface area contributed by atoms with E-state index in [9.17, 15) is 14.0 Å². The van der Waals surface area contributed by atoms with Gasteiger partial charge in [0.15, 0.2) is 0 Å². The Morgan fingerprint density at radius 1 is 1.40 bits per heavy atom. The second-order valence-electron chi connectivity index (χ2n) is 5.15. The molecule has 20 heavy (non-hydrogen) atoms. The molecule has 1 heterocycles. The third kappa shape index (κ3) is 2.50. The largest absolute Gasteiger partial charge is 0.328 e. The van der Waals surface area contributed by atoms with E-state index in [0.29, 0.717) is 16.8 Å². The number of carbonyl (C=O) groups excluding carboxylic acids is 2. The number of imide groups is 1. The van der Waals surface area contributed by atoms with Gasteiger partial charge in [-0.2, -0.15) is 0 Å². The van der Waals surface area contributed by atoms with Crippen LogP contribution in [0.5, 0.6) is 0 Å². The molecular weight excluding hydrogens is 283 g/mol. The van der Waals surface area contributed by atoms with Crippen LogP contribution in [0.2, 0.25) is 5.02 Å². The van der Waals surface area contributed by atoms with E-state index < -0.39 is 11.8 Å². The first-order valence-corrected chi connectivity index (χ1v) is 6.80. The molecule has 1 aliphatic heterocycles. The minimum Gasteiger partial charge on any atom is -0.293 e. The second-order valence-corrected chi connectivity index (χ2v) is 5.53. The number of amides is 3. The number of hydrogen-bond acceptors (Lipinski definition) is 2. The molecule has 6 heteroatoms. The van der Waals surface area contributed by atoms with Crippen molar-refractivity contribution in [2.24, 2.45) is 0 Å². The van der Waals surface area contributed by atoms with Gasteiger partial charge in [-0.1, -0.05) is 25.4 Å². The summed E-state index contributed by atoms with van der Waals surface area (Å²) in [6, 6.07) is 1.14. The molecule has 0 atom stereocenters. The highest BCUT2D eigenvalue weighted by Gasteiger charge is 2.27. The third-order valence-corrected chi connectivity index (χ3v) is 3.87. The van der Waals surface area contributed by atoms with Gasteiger partial charge in [-0.15, -0.1) is 0 Å². The highest BCUT2D eigenvalue weighted by atomic mass is 35.5. The number of hydrogen-bond donors (Lipinski definition) is 1. The average Bonchev–Trinajstić information content (AvgIpc) is 2.37. The average molecular weight is 299 g/mol. The Labute approximate surface area is 121 Å². The molecule has 1 saturated heterocycles. The van der Waals surface area contributed by atoms with Crippen LogP contribution >= 0.6 is 11.6 Å². The van der Waals surface area contributed by atoms with Crippen LogP contribution in [-0.2, 0) is 4.79 Å². The van der Waals surface area contributed by atoms with Crippen LogP contribution in [-0.4, -0.2) is 18.5 Å². The SMILES string of the molecule is Cc1c(N2CCC(=O)NC2=O)cc(C(C)C)c(F)c1Cl. The van der Waals surface area contributed by atoms with Gasteiger partial charge in [-0.25, -0.2) is 9.18 Å². The molecule has 0 bridgehead atoms. The molecule has 0 spiro atoms. The molecule has 0 aromatic heterocycles. The van der Waals surface area contributed by atoms with E-state index in [2.05, 4.69) is 5.32 Å². The predicted molar refractivity (Wildman–Crippen MR) is 75.7 cm³/mol. The molecule has 3 amide bonds. The van der Waals surface area contributed by atoms with Gasteiger partial charge in [0.05, 0.1) is 10.7 Å². The molecule has 1 aliphatic rings. The van der Waals surface area contributed by atoms with Crippen LogP contribution in [0.25, 0.3) is 0 Å². The van der Waals surface area contributed by atoms with Gasteiger partial charge in [-0.05, 0) is 30.0 Å². The fourth-order valence-electron chi connectivity index (χ4n) is 2.22. The zero-order valence-corrected chi connectivity index (χ0v) is 12.3. The molecule has 4 nitrogen and oxygen atoms in total. The third-order valence-electron chi connectivity index (χ3n) is 3.42. The molecule has 1 fully saturated rings. The van der Waals surface area contributed by atoms with Gasteiger partial charge in [0, 0.05) is 13.0 Å². The molecule has 0 saturated carbocycles. The van der Waals surface area contributed by atoms with Crippen molar-refractivity contribution in [3.63, 3.8) is 0 Å². The second kappa shape index (κ2) is 5.40. The minimum absolute atomic E-state index is 0.0240. The number of nitrogens with one attached hydrogen (secondary N) is 1. The first-order valence-electron chi connectivity index (χ1n) is 6.42. The molecule has 108 valence electrons. The van der Waals surface area contributed by atoms with Crippen molar-refractivity contribution in [1.82, 2.24) is 5.32 Å². The predicted octanol–water partition coefficient (Wildman–Crippen LogP) is 3.36. The van der Waals surface area contributed by atoms with E-state index >= 15 is 0 Å². The first kappa shape index (κ1) is 14.8. The summed E-state index contributed by atoms with van der Waals surface area (Å²) in [7, 11) is 0. The lowest BCUT2D eigenvalue weighted by molar-refractivity contribution is -0.120. The molecule has 2 rings (SSSR count). The summed E-state index contributed by atoms with van der Waals surface area (Å²) in [6.07, 6.45) is 0.219.